The molecule has 0 saturated heterocycles. The number of ether oxygens (including phenoxy) is 2. The first-order valence-electron chi connectivity index (χ1n) is 10.7. The molecule has 1 atom stereocenters. The van der Waals surface area contributed by atoms with Gasteiger partial charge in [0, 0.05) is 16.5 Å². The third-order valence-corrected chi connectivity index (χ3v) is 6.49. The monoisotopic (exact) mass is 423 g/mol. The largest absolute Gasteiger partial charge is 0.497 e. The first-order valence-corrected chi connectivity index (χ1v) is 10.7. The molecule has 5 rings (SSSR count). The molecule has 32 heavy (non-hydrogen) atoms. The highest BCUT2D eigenvalue weighted by atomic mass is 16.5. The van der Waals surface area contributed by atoms with Gasteiger partial charge in [-0.1, -0.05) is 60.7 Å². The topological polar surface area (TPSA) is 47.6 Å². The van der Waals surface area contributed by atoms with Crippen LogP contribution in [0.4, 0.5) is 5.69 Å². The van der Waals surface area contributed by atoms with Gasteiger partial charge >= 0.3 is 0 Å². The number of rotatable bonds is 6. The Balaban J connectivity index is 1.53. The Morgan fingerprint density at radius 1 is 0.812 bits per heavy atom. The molecule has 0 aromatic heterocycles. The molecule has 1 N–H and O–H groups in total. The van der Waals surface area contributed by atoms with Crippen LogP contribution in [0, 0.1) is 5.92 Å². The summed E-state index contributed by atoms with van der Waals surface area (Å²) in [6.07, 6.45) is 0.726. The molecule has 1 amide bonds. The molecule has 0 unspecified atom stereocenters. The molecular formula is C28H25NO3. The molecule has 4 aromatic carbocycles. The minimum Gasteiger partial charge on any atom is -0.497 e. The van der Waals surface area contributed by atoms with Crippen LogP contribution in [0.5, 0.6) is 11.5 Å². The average molecular weight is 424 g/mol. The number of hydrogen-bond acceptors (Lipinski definition) is 3. The van der Waals surface area contributed by atoms with Crippen molar-refractivity contribution in [3.05, 3.63) is 102 Å². The van der Waals surface area contributed by atoms with Crippen LogP contribution >= 0.6 is 0 Å². The van der Waals surface area contributed by atoms with Gasteiger partial charge in [0.2, 0.25) is 5.91 Å². The summed E-state index contributed by atoms with van der Waals surface area (Å²) in [5.74, 6) is 1.39. The number of benzene rings is 4. The van der Waals surface area contributed by atoms with Crippen molar-refractivity contribution in [1.29, 1.82) is 0 Å². The summed E-state index contributed by atoms with van der Waals surface area (Å²) in [6, 6.07) is 30.1. The molecule has 0 bridgehead atoms. The molecule has 4 nitrogen and oxygen atoms in total. The van der Waals surface area contributed by atoms with Crippen LogP contribution in [0.3, 0.4) is 0 Å². The number of carbonyl (C=O) groups excluding carboxylic acids is 1. The average Bonchev–Trinajstić information content (AvgIpc) is 3.62. The second-order valence-corrected chi connectivity index (χ2v) is 8.21. The Bertz CT molecular complexity index is 1240. The van der Waals surface area contributed by atoms with Crippen LogP contribution in [0.1, 0.15) is 17.5 Å². The van der Waals surface area contributed by atoms with Crippen molar-refractivity contribution in [2.24, 2.45) is 5.92 Å². The van der Waals surface area contributed by atoms with E-state index in [1.807, 2.05) is 66.7 Å². The molecule has 1 aliphatic rings. The van der Waals surface area contributed by atoms with E-state index in [0.717, 1.165) is 45.5 Å². The molecule has 4 heteroatoms. The second kappa shape index (κ2) is 8.04. The third kappa shape index (κ3) is 3.38. The summed E-state index contributed by atoms with van der Waals surface area (Å²) in [5.41, 5.74) is 2.56. The van der Waals surface area contributed by atoms with Crippen molar-refractivity contribution >= 4 is 22.4 Å². The third-order valence-electron chi connectivity index (χ3n) is 6.49. The zero-order chi connectivity index (χ0) is 22.1. The Labute approximate surface area is 187 Å². The van der Waals surface area contributed by atoms with Gasteiger partial charge < -0.3 is 14.8 Å². The van der Waals surface area contributed by atoms with E-state index in [1.54, 1.807) is 14.2 Å². The van der Waals surface area contributed by atoms with Gasteiger partial charge in [0.1, 0.15) is 11.5 Å². The summed E-state index contributed by atoms with van der Waals surface area (Å²) < 4.78 is 10.9. The maximum absolute atomic E-state index is 13.5. The number of fused-ring (bicyclic) bond motifs is 1. The zero-order valence-electron chi connectivity index (χ0n) is 18.2. The molecule has 0 radical (unpaired) electrons. The quantitative estimate of drug-likeness (QED) is 0.426. The maximum atomic E-state index is 13.5. The van der Waals surface area contributed by atoms with E-state index in [0.29, 0.717) is 0 Å². The smallest absolute Gasteiger partial charge is 0.228 e. The number of methoxy groups -OCH3 is 2. The van der Waals surface area contributed by atoms with Gasteiger partial charge in [0.15, 0.2) is 0 Å². The number of anilines is 1. The van der Waals surface area contributed by atoms with Gasteiger partial charge in [0.05, 0.1) is 20.1 Å². The minimum absolute atomic E-state index is 0.0204. The summed E-state index contributed by atoms with van der Waals surface area (Å²) in [7, 11) is 3.32. The second-order valence-electron chi connectivity index (χ2n) is 8.21. The van der Waals surface area contributed by atoms with E-state index in [2.05, 4.69) is 29.6 Å². The van der Waals surface area contributed by atoms with E-state index in [9.17, 15) is 4.79 Å². The van der Waals surface area contributed by atoms with Crippen molar-refractivity contribution in [3.63, 3.8) is 0 Å². The van der Waals surface area contributed by atoms with Crippen molar-refractivity contribution in [3.8, 4) is 11.5 Å². The van der Waals surface area contributed by atoms with Gasteiger partial charge in [0.25, 0.3) is 0 Å². The number of nitrogens with one attached hydrogen (secondary N) is 1. The highest BCUT2D eigenvalue weighted by molar-refractivity contribution is 6.04. The predicted octanol–water partition coefficient (Wildman–Crippen LogP) is 5.80. The molecule has 4 aromatic rings. The van der Waals surface area contributed by atoms with Crippen LogP contribution in [-0.4, -0.2) is 20.1 Å². The standard InChI is InChI=1S/C28H25NO3/c1-31-22-12-6-10-20(16-22)28(21-11-7-13-23(17-21)32-2)18-25(28)27(30)29-26-15-5-9-19-8-3-4-14-24(19)26/h3-17,25H,18H2,1-2H3,(H,29,30)/t25-/m0/s1. The fraction of sp³-hybridized carbons (Fsp3) is 0.179. The van der Waals surface area contributed by atoms with Crippen molar-refractivity contribution in [2.75, 3.05) is 19.5 Å². The van der Waals surface area contributed by atoms with Gasteiger partial charge in [-0.2, -0.15) is 0 Å². The summed E-state index contributed by atoms with van der Waals surface area (Å²) in [5, 5.41) is 5.34. The van der Waals surface area contributed by atoms with Gasteiger partial charge in [-0.25, -0.2) is 0 Å². The molecule has 0 spiro atoms. The summed E-state index contributed by atoms with van der Waals surface area (Å²) in [4.78, 5) is 13.5. The van der Waals surface area contributed by atoms with E-state index in [-0.39, 0.29) is 11.8 Å². The Kier molecular flexibility index (Phi) is 5.06. The van der Waals surface area contributed by atoms with Gasteiger partial charge in [-0.05, 0) is 53.3 Å². The fourth-order valence-electron chi connectivity index (χ4n) is 4.74. The Morgan fingerprint density at radius 3 is 2.06 bits per heavy atom. The number of amides is 1. The van der Waals surface area contributed by atoms with Crippen LogP contribution in [0.25, 0.3) is 10.8 Å². The zero-order valence-corrected chi connectivity index (χ0v) is 18.2. The lowest BCUT2D eigenvalue weighted by Crippen LogP contribution is -2.22. The first-order chi connectivity index (χ1) is 15.7. The lowest BCUT2D eigenvalue weighted by Gasteiger charge is -2.20. The summed E-state index contributed by atoms with van der Waals surface area (Å²) in [6.45, 7) is 0. The fourth-order valence-corrected chi connectivity index (χ4v) is 4.74. The predicted molar refractivity (Wildman–Crippen MR) is 127 cm³/mol. The van der Waals surface area contributed by atoms with Crippen molar-refractivity contribution in [1.82, 2.24) is 0 Å². The molecular weight excluding hydrogens is 398 g/mol. The highest BCUT2D eigenvalue weighted by Crippen LogP contribution is 2.60. The van der Waals surface area contributed by atoms with E-state index >= 15 is 0 Å². The normalized spacial score (nSPS) is 16.4. The summed E-state index contributed by atoms with van der Waals surface area (Å²) >= 11 is 0. The minimum atomic E-state index is -0.419. The van der Waals surface area contributed by atoms with Crippen LogP contribution in [0.15, 0.2) is 91.0 Å². The van der Waals surface area contributed by atoms with E-state index < -0.39 is 5.41 Å². The Morgan fingerprint density at radius 2 is 1.41 bits per heavy atom. The van der Waals surface area contributed by atoms with E-state index in [4.69, 9.17) is 9.47 Å². The SMILES string of the molecule is COc1cccc(C2(c3cccc(OC)c3)C[C@H]2C(=O)Nc2cccc3ccccc23)c1. The van der Waals surface area contributed by atoms with Crippen molar-refractivity contribution < 1.29 is 14.3 Å². The molecule has 160 valence electrons. The molecule has 1 fully saturated rings. The van der Waals surface area contributed by atoms with Gasteiger partial charge in [-0.3, -0.25) is 4.79 Å². The highest BCUT2D eigenvalue weighted by Gasteiger charge is 2.60. The molecule has 0 aliphatic heterocycles. The van der Waals surface area contributed by atoms with Crippen LogP contribution in [-0.2, 0) is 10.2 Å². The maximum Gasteiger partial charge on any atom is 0.228 e. The number of hydrogen-bond donors (Lipinski definition) is 1. The molecule has 1 aliphatic carbocycles. The molecule has 0 heterocycles. The van der Waals surface area contributed by atoms with Crippen LogP contribution < -0.4 is 14.8 Å². The lowest BCUT2D eigenvalue weighted by molar-refractivity contribution is -0.117. The van der Waals surface area contributed by atoms with Gasteiger partial charge in [-0.15, -0.1) is 0 Å². The number of carbonyl (C=O) groups is 1. The first kappa shape index (κ1) is 20.1. The van der Waals surface area contributed by atoms with Crippen LogP contribution in [0.2, 0.25) is 0 Å². The lowest BCUT2D eigenvalue weighted by atomic mass is 9.85. The Hall–Kier alpha value is -3.79. The molecule has 1 saturated carbocycles. The van der Waals surface area contributed by atoms with Crippen molar-refractivity contribution in [2.45, 2.75) is 11.8 Å². The van der Waals surface area contributed by atoms with E-state index in [1.165, 1.54) is 0 Å².